The average Bonchev–Trinajstić information content (AvgIpc) is 3.19. The van der Waals surface area contributed by atoms with Crippen molar-refractivity contribution >= 4 is 54.1 Å². The lowest BCUT2D eigenvalue weighted by atomic mass is 9.96. The minimum Gasteiger partial charge on any atom is -0.370 e. The highest BCUT2D eigenvalue weighted by atomic mass is 79.9. The summed E-state index contributed by atoms with van der Waals surface area (Å²) in [6, 6.07) is 16.2. The number of anilines is 1. The number of nitriles is 1. The van der Waals surface area contributed by atoms with Gasteiger partial charge in [-0.3, -0.25) is 4.79 Å². The normalized spacial score (nSPS) is 15.0. The average molecular weight is 479 g/mol. The maximum atomic E-state index is 12.8. The number of aromatic nitrogens is 2. The Hall–Kier alpha value is -2.69. The van der Waals surface area contributed by atoms with Crippen LogP contribution in [0.25, 0.3) is 21.1 Å². The van der Waals surface area contributed by atoms with E-state index >= 15 is 0 Å². The third-order valence-electron chi connectivity index (χ3n) is 5.92. The number of halogens is 1. The lowest BCUT2D eigenvalue weighted by Gasteiger charge is -2.34. The second-order valence-electron chi connectivity index (χ2n) is 7.64. The quantitative estimate of drug-likeness (QED) is 0.398. The van der Waals surface area contributed by atoms with Gasteiger partial charge in [0.15, 0.2) is 0 Å². The zero-order valence-corrected chi connectivity index (χ0v) is 18.8. The third kappa shape index (κ3) is 3.11. The molecule has 0 radical (unpaired) electrons. The molecule has 150 valence electrons. The molecule has 0 aliphatic carbocycles. The van der Waals surface area contributed by atoms with Crippen LogP contribution < -0.4 is 10.5 Å². The van der Waals surface area contributed by atoms with Crippen molar-refractivity contribution in [1.29, 1.82) is 5.26 Å². The van der Waals surface area contributed by atoms with Crippen LogP contribution in [0.15, 0.2) is 51.7 Å². The zero-order chi connectivity index (χ0) is 20.8. The first-order chi connectivity index (χ1) is 14.6. The molecule has 0 atom stereocenters. The number of hydrogen-bond donors (Lipinski definition) is 0. The van der Waals surface area contributed by atoms with Crippen LogP contribution in [0.4, 0.5) is 5.69 Å². The summed E-state index contributed by atoms with van der Waals surface area (Å²) in [7, 11) is 1.73. The summed E-state index contributed by atoms with van der Waals surface area (Å²) >= 11 is 5.30. The van der Waals surface area contributed by atoms with Gasteiger partial charge in [-0.05, 0) is 37.1 Å². The molecular weight excluding hydrogens is 460 g/mol. The van der Waals surface area contributed by atoms with E-state index in [4.69, 9.17) is 4.98 Å². The smallest absolute Gasteiger partial charge is 0.270 e. The maximum Gasteiger partial charge on any atom is 0.270 e. The summed E-state index contributed by atoms with van der Waals surface area (Å²) in [6.45, 7) is 1.60. The van der Waals surface area contributed by atoms with Crippen molar-refractivity contribution in [3.8, 4) is 6.07 Å². The third-order valence-corrected chi connectivity index (χ3v) is 7.59. The predicted molar refractivity (Wildman–Crippen MR) is 125 cm³/mol. The van der Waals surface area contributed by atoms with Gasteiger partial charge in [-0.25, -0.2) is 4.98 Å². The molecule has 0 saturated carbocycles. The second kappa shape index (κ2) is 7.53. The van der Waals surface area contributed by atoms with Gasteiger partial charge < -0.3 is 9.47 Å². The molecule has 0 unspecified atom stereocenters. The molecule has 30 heavy (non-hydrogen) atoms. The first kappa shape index (κ1) is 19.3. The Morgan fingerprint density at radius 1 is 1.20 bits per heavy atom. The van der Waals surface area contributed by atoms with Crippen molar-refractivity contribution in [1.82, 2.24) is 9.55 Å². The van der Waals surface area contributed by atoms with Crippen molar-refractivity contribution in [2.75, 3.05) is 18.0 Å². The van der Waals surface area contributed by atoms with E-state index in [9.17, 15) is 10.1 Å². The summed E-state index contributed by atoms with van der Waals surface area (Å²) in [6.07, 6.45) is 1.91. The van der Waals surface area contributed by atoms with E-state index in [1.54, 1.807) is 23.0 Å². The highest BCUT2D eigenvalue weighted by Crippen LogP contribution is 2.37. The van der Waals surface area contributed by atoms with Crippen LogP contribution in [0, 0.1) is 11.3 Å². The molecule has 5 rings (SSSR count). The number of hydrogen-bond acceptors (Lipinski definition) is 5. The van der Waals surface area contributed by atoms with Gasteiger partial charge in [0.2, 0.25) is 0 Å². The number of aryl methyl sites for hydroxylation is 1. The molecule has 0 bridgehead atoms. The summed E-state index contributed by atoms with van der Waals surface area (Å²) in [5.74, 6) is 0.403. The monoisotopic (exact) mass is 478 g/mol. The Morgan fingerprint density at radius 2 is 1.97 bits per heavy atom. The van der Waals surface area contributed by atoms with Crippen molar-refractivity contribution in [2.45, 2.75) is 18.8 Å². The first-order valence-corrected chi connectivity index (χ1v) is 11.5. The molecule has 1 aliphatic heterocycles. The summed E-state index contributed by atoms with van der Waals surface area (Å²) in [4.78, 5) is 19.9. The number of piperidine rings is 1. The SMILES string of the molecule is Cn1c(=O)c(C#N)c(N2CCC(c3nc4ccc(Br)cc4s3)CC2)c2ccccc21. The Labute approximate surface area is 186 Å². The van der Waals surface area contributed by atoms with Gasteiger partial charge in [0, 0.05) is 35.9 Å². The van der Waals surface area contributed by atoms with Gasteiger partial charge in [0.1, 0.15) is 11.6 Å². The van der Waals surface area contributed by atoms with E-state index in [0.29, 0.717) is 5.92 Å². The first-order valence-electron chi connectivity index (χ1n) is 9.89. The fourth-order valence-corrected chi connectivity index (χ4v) is 6.04. The Morgan fingerprint density at radius 3 is 2.73 bits per heavy atom. The molecule has 2 aromatic carbocycles. The van der Waals surface area contributed by atoms with Crippen molar-refractivity contribution in [3.05, 3.63) is 67.9 Å². The molecule has 1 fully saturated rings. The van der Waals surface area contributed by atoms with E-state index < -0.39 is 0 Å². The van der Waals surface area contributed by atoms with E-state index in [2.05, 4.69) is 39.0 Å². The van der Waals surface area contributed by atoms with Gasteiger partial charge in [-0.2, -0.15) is 5.26 Å². The second-order valence-corrected chi connectivity index (χ2v) is 9.62. The minimum absolute atomic E-state index is 0.231. The van der Waals surface area contributed by atoms with E-state index in [1.165, 1.54) is 9.71 Å². The maximum absolute atomic E-state index is 12.8. The molecule has 3 heterocycles. The fraction of sp³-hybridized carbons (Fsp3) is 0.261. The molecule has 2 aromatic heterocycles. The van der Waals surface area contributed by atoms with Crippen LogP contribution in [0.5, 0.6) is 0 Å². The Bertz CT molecular complexity index is 1380. The van der Waals surface area contributed by atoms with Crippen molar-refractivity contribution in [2.24, 2.45) is 7.05 Å². The number of nitrogens with zero attached hydrogens (tertiary/aromatic N) is 4. The predicted octanol–water partition coefficient (Wildman–Crippen LogP) is 5.17. The Kier molecular flexibility index (Phi) is 4.84. The number of fused-ring (bicyclic) bond motifs is 2. The summed E-state index contributed by atoms with van der Waals surface area (Å²) in [5.41, 5.74) is 2.69. The highest BCUT2D eigenvalue weighted by molar-refractivity contribution is 9.10. The van der Waals surface area contributed by atoms with Crippen LogP contribution in [-0.4, -0.2) is 22.6 Å². The van der Waals surface area contributed by atoms with E-state index in [0.717, 1.165) is 52.5 Å². The van der Waals surface area contributed by atoms with Crippen molar-refractivity contribution in [3.63, 3.8) is 0 Å². The minimum atomic E-state index is -0.231. The number of benzene rings is 2. The molecule has 0 spiro atoms. The molecule has 0 amide bonds. The van der Waals surface area contributed by atoms with Crippen LogP contribution in [0.3, 0.4) is 0 Å². The van der Waals surface area contributed by atoms with E-state index in [1.807, 2.05) is 30.3 Å². The van der Waals surface area contributed by atoms with Gasteiger partial charge in [-0.15, -0.1) is 11.3 Å². The largest absolute Gasteiger partial charge is 0.370 e. The Balaban J connectivity index is 1.48. The highest BCUT2D eigenvalue weighted by Gasteiger charge is 2.27. The number of thiazole rings is 1. The summed E-state index contributed by atoms with van der Waals surface area (Å²) in [5, 5.41) is 11.9. The topological polar surface area (TPSA) is 61.9 Å². The molecule has 5 nitrogen and oxygen atoms in total. The van der Waals surface area contributed by atoms with E-state index in [-0.39, 0.29) is 11.1 Å². The standard InChI is InChI=1S/C23H19BrN4OS/c1-27-19-5-3-2-4-16(19)21(17(13-25)23(27)29)28-10-8-14(9-11-28)22-26-18-7-6-15(24)12-20(18)30-22/h2-7,12,14H,8-11H2,1H3. The number of rotatable bonds is 2. The van der Waals surface area contributed by atoms with Gasteiger partial charge in [0.25, 0.3) is 5.56 Å². The van der Waals surface area contributed by atoms with Crippen LogP contribution >= 0.6 is 27.3 Å². The lowest BCUT2D eigenvalue weighted by molar-refractivity contribution is 0.504. The molecule has 1 saturated heterocycles. The summed E-state index contributed by atoms with van der Waals surface area (Å²) < 4.78 is 3.84. The lowest BCUT2D eigenvalue weighted by Crippen LogP contribution is -2.35. The van der Waals surface area contributed by atoms with Gasteiger partial charge in [0.05, 0.1) is 26.4 Å². The van der Waals surface area contributed by atoms with Crippen LogP contribution in [0.2, 0.25) is 0 Å². The molecule has 4 aromatic rings. The number of para-hydroxylation sites is 1. The molecular formula is C23H19BrN4OS. The molecule has 0 N–H and O–H groups in total. The van der Waals surface area contributed by atoms with Crippen LogP contribution in [-0.2, 0) is 7.05 Å². The fourth-order valence-electron chi connectivity index (χ4n) is 4.35. The molecule has 7 heteroatoms. The van der Waals surface area contributed by atoms with Crippen molar-refractivity contribution < 1.29 is 0 Å². The van der Waals surface area contributed by atoms with Crippen LogP contribution in [0.1, 0.15) is 29.3 Å². The van der Waals surface area contributed by atoms with Gasteiger partial charge >= 0.3 is 0 Å². The number of pyridine rings is 1. The zero-order valence-electron chi connectivity index (χ0n) is 16.4. The molecule has 1 aliphatic rings. The van der Waals surface area contributed by atoms with Gasteiger partial charge in [-0.1, -0.05) is 34.1 Å².